The Bertz CT molecular complexity index is 939. The fraction of sp³-hybridized carbons (Fsp3) is 0.273. The highest BCUT2D eigenvalue weighted by Gasteiger charge is 2.46. The predicted octanol–water partition coefficient (Wildman–Crippen LogP) is 4.65. The van der Waals surface area contributed by atoms with Gasteiger partial charge < -0.3 is 5.11 Å². The van der Waals surface area contributed by atoms with Gasteiger partial charge in [0.15, 0.2) is 11.5 Å². The fourth-order valence-corrected chi connectivity index (χ4v) is 3.28. The van der Waals surface area contributed by atoms with E-state index in [4.69, 9.17) is 0 Å². The van der Waals surface area contributed by atoms with Gasteiger partial charge in [0.2, 0.25) is 0 Å². The number of hydrogen-bond acceptors (Lipinski definition) is 3. The van der Waals surface area contributed by atoms with Crippen LogP contribution in [-0.4, -0.2) is 16.8 Å². The van der Waals surface area contributed by atoms with Gasteiger partial charge in [-0.1, -0.05) is 51.1 Å². The lowest BCUT2D eigenvalue weighted by atomic mass is 9.82. The van der Waals surface area contributed by atoms with Gasteiger partial charge in [0, 0.05) is 11.1 Å². The number of rotatable bonds is 3. The number of nitrogens with zero attached hydrogens (tertiary/aromatic N) is 1. The van der Waals surface area contributed by atoms with E-state index >= 15 is 0 Å². The summed E-state index contributed by atoms with van der Waals surface area (Å²) in [6, 6.07) is 12.1. The molecule has 2 aromatic rings. The second kappa shape index (κ2) is 6.65. The molecule has 140 valence electrons. The number of benzene rings is 2. The summed E-state index contributed by atoms with van der Waals surface area (Å²) in [7, 11) is 0. The zero-order chi connectivity index (χ0) is 19.9. The standard InChI is InChI=1S/C22H22FNO3/c1-13-7-5-6-8-16(13)24-18(14-9-11-15(23)12-10-14)17(19(25)21(24)27)20(26)22(2,3)4/h5-12,18,25H,1-4H3. The molecule has 2 aromatic carbocycles. The number of Topliss-reactive ketones (excluding diaryl/α,β-unsaturated/α-hetero) is 1. The Hall–Kier alpha value is -2.95. The smallest absolute Gasteiger partial charge is 0.294 e. The van der Waals surface area contributed by atoms with Crippen molar-refractivity contribution in [3.8, 4) is 0 Å². The Morgan fingerprint density at radius 2 is 1.67 bits per heavy atom. The minimum atomic E-state index is -0.814. The maximum atomic E-state index is 13.4. The van der Waals surface area contributed by atoms with E-state index in [1.54, 1.807) is 32.9 Å². The van der Waals surface area contributed by atoms with Crippen molar-refractivity contribution in [2.45, 2.75) is 33.7 Å². The molecule has 1 atom stereocenters. The molecule has 0 radical (unpaired) electrons. The summed E-state index contributed by atoms with van der Waals surface area (Å²) in [5, 5.41) is 10.6. The SMILES string of the molecule is Cc1ccccc1N1C(=O)C(O)=C(C(=O)C(C)(C)C)C1c1ccc(F)cc1. The third-order valence-corrected chi connectivity index (χ3v) is 4.69. The predicted molar refractivity (Wildman–Crippen MR) is 102 cm³/mol. The number of para-hydroxylation sites is 1. The van der Waals surface area contributed by atoms with Crippen molar-refractivity contribution in [1.29, 1.82) is 0 Å². The highest BCUT2D eigenvalue weighted by molar-refractivity contribution is 6.17. The Morgan fingerprint density at radius 1 is 1.07 bits per heavy atom. The number of carbonyl (C=O) groups excluding carboxylic acids is 2. The average Bonchev–Trinajstić information content (AvgIpc) is 2.86. The van der Waals surface area contributed by atoms with Gasteiger partial charge in [-0.2, -0.15) is 0 Å². The zero-order valence-electron chi connectivity index (χ0n) is 15.8. The van der Waals surface area contributed by atoms with E-state index in [2.05, 4.69) is 0 Å². The van der Waals surface area contributed by atoms with E-state index in [1.807, 2.05) is 19.1 Å². The summed E-state index contributed by atoms with van der Waals surface area (Å²) in [5.74, 6) is -1.92. The van der Waals surface area contributed by atoms with Crippen molar-refractivity contribution in [1.82, 2.24) is 0 Å². The van der Waals surface area contributed by atoms with Crippen LogP contribution in [0.25, 0.3) is 0 Å². The van der Waals surface area contributed by atoms with E-state index in [-0.39, 0.29) is 11.4 Å². The van der Waals surface area contributed by atoms with Crippen LogP contribution in [0.4, 0.5) is 10.1 Å². The average molecular weight is 367 g/mol. The molecule has 1 aliphatic rings. The largest absolute Gasteiger partial charge is 0.503 e. The van der Waals surface area contributed by atoms with Gasteiger partial charge >= 0.3 is 0 Å². The summed E-state index contributed by atoms with van der Waals surface area (Å²) < 4.78 is 13.4. The molecule has 4 nitrogen and oxygen atoms in total. The molecule has 1 unspecified atom stereocenters. The zero-order valence-corrected chi connectivity index (χ0v) is 15.8. The van der Waals surface area contributed by atoms with Gasteiger partial charge in [0.25, 0.3) is 5.91 Å². The molecule has 1 N–H and O–H groups in total. The number of aryl methyl sites for hydroxylation is 1. The van der Waals surface area contributed by atoms with Gasteiger partial charge in [0.05, 0.1) is 11.6 Å². The van der Waals surface area contributed by atoms with E-state index in [9.17, 15) is 19.1 Å². The molecule has 1 amide bonds. The number of aliphatic hydroxyl groups is 1. The fourth-order valence-electron chi connectivity index (χ4n) is 3.28. The lowest BCUT2D eigenvalue weighted by Gasteiger charge is -2.29. The highest BCUT2D eigenvalue weighted by Crippen LogP contribution is 2.44. The van der Waals surface area contributed by atoms with Crippen molar-refractivity contribution in [3.63, 3.8) is 0 Å². The van der Waals surface area contributed by atoms with Crippen LogP contribution >= 0.6 is 0 Å². The van der Waals surface area contributed by atoms with Crippen LogP contribution in [0.5, 0.6) is 0 Å². The van der Waals surface area contributed by atoms with Crippen LogP contribution in [0.1, 0.15) is 37.9 Å². The van der Waals surface area contributed by atoms with Crippen molar-refractivity contribution >= 4 is 17.4 Å². The van der Waals surface area contributed by atoms with E-state index in [0.717, 1.165) is 5.56 Å². The molecule has 27 heavy (non-hydrogen) atoms. The quantitative estimate of drug-likeness (QED) is 0.859. The van der Waals surface area contributed by atoms with Crippen molar-refractivity contribution < 1.29 is 19.1 Å². The van der Waals surface area contributed by atoms with Crippen molar-refractivity contribution in [2.75, 3.05) is 4.90 Å². The molecular formula is C22H22FNO3. The van der Waals surface area contributed by atoms with E-state index in [0.29, 0.717) is 11.3 Å². The first-order valence-electron chi connectivity index (χ1n) is 8.75. The minimum absolute atomic E-state index is 0.0439. The monoisotopic (exact) mass is 367 g/mol. The second-order valence-corrected chi connectivity index (χ2v) is 7.76. The molecule has 0 bridgehead atoms. The van der Waals surface area contributed by atoms with Gasteiger partial charge in [-0.25, -0.2) is 4.39 Å². The Balaban J connectivity index is 2.23. The van der Waals surface area contributed by atoms with Crippen LogP contribution in [0.3, 0.4) is 0 Å². The topological polar surface area (TPSA) is 57.6 Å². The van der Waals surface area contributed by atoms with E-state index < -0.39 is 28.9 Å². The second-order valence-electron chi connectivity index (χ2n) is 7.76. The molecule has 0 saturated carbocycles. The maximum Gasteiger partial charge on any atom is 0.294 e. The highest BCUT2D eigenvalue weighted by atomic mass is 19.1. The number of carbonyl (C=O) groups is 2. The van der Waals surface area contributed by atoms with Crippen LogP contribution < -0.4 is 4.90 Å². The molecule has 0 saturated heterocycles. The molecule has 0 aliphatic carbocycles. The first-order chi connectivity index (χ1) is 12.6. The maximum absolute atomic E-state index is 13.4. The normalized spacial score (nSPS) is 17.6. The van der Waals surface area contributed by atoms with Gasteiger partial charge in [-0.05, 0) is 36.2 Å². The number of ketones is 1. The lowest BCUT2D eigenvalue weighted by Crippen LogP contribution is -2.33. The number of aliphatic hydroxyl groups excluding tert-OH is 1. The van der Waals surface area contributed by atoms with Crippen LogP contribution in [0.15, 0.2) is 59.9 Å². The summed E-state index contributed by atoms with van der Waals surface area (Å²) >= 11 is 0. The molecule has 5 heteroatoms. The Morgan fingerprint density at radius 3 is 2.22 bits per heavy atom. The Labute approximate surface area is 157 Å². The molecule has 0 spiro atoms. The number of halogens is 1. The van der Waals surface area contributed by atoms with Crippen molar-refractivity contribution in [3.05, 3.63) is 76.8 Å². The first kappa shape index (κ1) is 18.8. The first-order valence-corrected chi connectivity index (χ1v) is 8.75. The van der Waals surface area contributed by atoms with Gasteiger partial charge in [-0.3, -0.25) is 14.5 Å². The minimum Gasteiger partial charge on any atom is -0.503 e. The van der Waals surface area contributed by atoms with Crippen molar-refractivity contribution in [2.24, 2.45) is 5.41 Å². The van der Waals surface area contributed by atoms with Gasteiger partial charge in [0.1, 0.15) is 5.82 Å². The van der Waals surface area contributed by atoms with Crippen LogP contribution in [0, 0.1) is 18.2 Å². The lowest BCUT2D eigenvalue weighted by molar-refractivity contribution is -0.123. The summed E-state index contributed by atoms with van der Waals surface area (Å²) in [6.07, 6.45) is 0. The van der Waals surface area contributed by atoms with Gasteiger partial charge in [-0.15, -0.1) is 0 Å². The molecule has 3 rings (SSSR count). The van der Waals surface area contributed by atoms with Crippen LogP contribution in [-0.2, 0) is 9.59 Å². The number of hydrogen-bond donors (Lipinski definition) is 1. The Kier molecular flexibility index (Phi) is 4.64. The molecule has 1 heterocycles. The third kappa shape index (κ3) is 3.25. The summed E-state index contributed by atoms with van der Waals surface area (Å²) in [6.45, 7) is 7.06. The molecular weight excluding hydrogens is 345 g/mol. The van der Waals surface area contributed by atoms with E-state index in [1.165, 1.54) is 29.2 Å². The summed E-state index contributed by atoms with van der Waals surface area (Å²) in [4.78, 5) is 27.4. The molecule has 0 fully saturated rings. The molecule has 0 aromatic heterocycles. The third-order valence-electron chi connectivity index (χ3n) is 4.69. The number of anilines is 1. The van der Waals surface area contributed by atoms with Crippen LogP contribution in [0.2, 0.25) is 0 Å². The number of amides is 1. The summed E-state index contributed by atoms with van der Waals surface area (Å²) in [5.41, 5.74) is 1.24. The molecule has 1 aliphatic heterocycles.